The van der Waals surface area contributed by atoms with E-state index in [1.807, 2.05) is 0 Å². The fourth-order valence-electron chi connectivity index (χ4n) is 6.62. The Morgan fingerprint density at radius 3 is 1.61 bits per heavy atom. The number of allylic oxidation sites excluding steroid dienone is 2. The van der Waals surface area contributed by atoms with Crippen LogP contribution in [-0.2, 0) is 38.0 Å². The minimum atomic E-state index is -1.76. The van der Waals surface area contributed by atoms with Crippen LogP contribution in [0.1, 0.15) is 142 Å². The van der Waals surface area contributed by atoms with E-state index in [1.165, 1.54) is 44.9 Å². The lowest BCUT2D eigenvalue weighted by Crippen LogP contribution is -2.61. The Bertz CT molecular complexity index is 1040. The quantitative estimate of drug-likeness (QED) is 0.0302. The van der Waals surface area contributed by atoms with Crippen molar-refractivity contribution < 1.29 is 73.8 Å². The molecule has 11 atom stereocenters. The number of hydrogen-bond donors (Lipinski definition) is 7. The van der Waals surface area contributed by atoms with Crippen molar-refractivity contribution in [2.24, 2.45) is 0 Å². The van der Waals surface area contributed by atoms with E-state index in [9.17, 15) is 45.3 Å². The van der Waals surface area contributed by atoms with E-state index in [0.717, 1.165) is 57.8 Å². The number of aliphatic hydroxyl groups excluding tert-OH is 7. The molecule has 0 saturated carbocycles. The molecule has 0 aromatic heterocycles. The van der Waals surface area contributed by atoms with Crippen molar-refractivity contribution in [3.8, 4) is 0 Å². The van der Waals surface area contributed by atoms with Crippen LogP contribution in [0, 0.1) is 0 Å². The van der Waals surface area contributed by atoms with Crippen molar-refractivity contribution >= 4 is 11.9 Å². The molecule has 7 N–H and O–H groups in total. The molecule has 11 unspecified atom stereocenters. The largest absolute Gasteiger partial charge is 0.462 e. The third-order valence-corrected chi connectivity index (χ3v) is 10.2. The van der Waals surface area contributed by atoms with Crippen LogP contribution < -0.4 is 0 Å². The Balaban J connectivity index is 1.89. The van der Waals surface area contributed by atoms with Crippen LogP contribution in [0.4, 0.5) is 0 Å². The van der Waals surface area contributed by atoms with E-state index >= 15 is 0 Å². The monoisotopic (exact) mass is 807 g/mol. The van der Waals surface area contributed by atoms with Crippen LogP contribution in [0.25, 0.3) is 0 Å². The maximum absolute atomic E-state index is 12.9. The van der Waals surface area contributed by atoms with Gasteiger partial charge in [-0.05, 0) is 38.5 Å². The van der Waals surface area contributed by atoms with Gasteiger partial charge in [0.05, 0.1) is 19.8 Å². The molecule has 328 valence electrons. The minimum absolute atomic E-state index is 0.158. The zero-order valence-corrected chi connectivity index (χ0v) is 33.9. The molecule has 2 fully saturated rings. The number of carbonyl (C=O) groups is 2. The normalized spacial score (nSPS) is 28.7. The molecule has 2 aliphatic heterocycles. The Morgan fingerprint density at radius 1 is 0.554 bits per heavy atom. The summed E-state index contributed by atoms with van der Waals surface area (Å²) in [4.78, 5) is 25.4. The lowest BCUT2D eigenvalue weighted by atomic mass is 9.98. The van der Waals surface area contributed by atoms with Gasteiger partial charge in [0, 0.05) is 12.8 Å². The molecule has 0 aromatic rings. The van der Waals surface area contributed by atoms with Crippen molar-refractivity contribution in [2.45, 2.75) is 210 Å². The van der Waals surface area contributed by atoms with Crippen molar-refractivity contribution in [3.63, 3.8) is 0 Å². The molecule has 2 rings (SSSR count). The van der Waals surface area contributed by atoms with Crippen LogP contribution in [0.15, 0.2) is 12.2 Å². The van der Waals surface area contributed by atoms with Gasteiger partial charge in [-0.1, -0.05) is 103 Å². The third-order valence-electron chi connectivity index (χ3n) is 10.2. The summed E-state index contributed by atoms with van der Waals surface area (Å²) in [6.07, 6.45) is 7.12. The van der Waals surface area contributed by atoms with Gasteiger partial charge >= 0.3 is 11.9 Å². The first-order chi connectivity index (χ1) is 27.0. The zero-order valence-electron chi connectivity index (χ0n) is 33.9. The van der Waals surface area contributed by atoms with Gasteiger partial charge in [0.2, 0.25) is 0 Å². The Labute approximate surface area is 333 Å². The van der Waals surface area contributed by atoms with Gasteiger partial charge in [0.25, 0.3) is 0 Å². The average Bonchev–Trinajstić information content (AvgIpc) is 3.19. The van der Waals surface area contributed by atoms with Gasteiger partial charge in [0.1, 0.15) is 55.4 Å². The number of rotatable bonds is 31. The van der Waals surface area contributed by atoms with E-state index in [-0.39, 0.29) is 26.1 Å². The van der Waals surface area contributed by atoms with Crippen LogP contribution >= 0.6 is 0 Å². The molecule has 0 aliphatic carbocycles. The van der Waals surface area contributed by atoms with Crippen LogP contribution in [0.5, 0.6) is 0 Å². The smallest absolute Gasteiger partial charge is 0.306 e. The summed E-state index contributed by atoms with van der Waals surface area (Å²) in [6, 6.07) is 0. The van der Waals surface area contributed by atoms with Gasteiger partial charge in [-0.15, -0.1) is 0 Å². The molecule has 15 nitrogen and oxygen atoms in total. The molecule has 0 aromatic carbocycles. The number of hydrogen-bond acceptors (Lipinski definition) is 15. The predicted octanol–water partition coefficient (Wildman–Crippen LogP) is 3.48. The van der Waals surface area contributed by atoms with Gasteiger partial charge in [0.15, 0.2) is 18.7 Å². The summed E-state index contributed by atoms with van der Waals surface area (Å²) in [6.45, 7) is 2.49. The van der Waals surface area contributed by atoms with E-state index in [0.29, 0.717) is 12.8 Å². The second-order valence-corrected chi connectivity index (χ2v) is 15.2. The van der Waals surface area contributed by atoms with E-state index < -0.39 is 92.7 Å². The first kappa shape index (κ1) is 50.4. The predicted molar refractivity (Wildman–Crippen MR) is 206 cm³/mol. The first-order valence-corrected chi connectivity index (χ1v) is 21.3. The lowest BCUT2D eigenvalue weighted by molar-refractivity contribution is -0.332. The fraction of sp³-hybridized carbons (Fsp3) is 0.902. The molecule has 0 amide bonds. The van der Waals surface area contributed by atoms with Crippen molar-refractivity contribution in [3.05, 3.63) is 12.2 Å². The standard InChI is InChI=1S/C41H74O15/c1-3-5-7-9-11-13-14-15-16-18-20-22-24-33(44)54-29(26-51-32(43)23-21-19-17-12-10-8-6-4-2)27-52-40-39(50)37(48)35(46)31(56-40)28-53-41-38(49)36(47)34(45)30(25-42)55-41/h11,13,29-31,34-42,45-50H,3-10,12,14-28H2,1-2H3/b13-11-. The highest BCUT2D eigenvalue weighted by molar-refractivity contribution is 5.70. The molecule has 0 radical (unpaired) electrons. The highest BCUT2D eigenvalue weighted by Crippen LogP contribution is 2.26. The zero-order chi connectivity index (χ0) is 41.1. The molecule has 2 saturated heterocycles. The third kappa shape index (κ3) is 19.8. The molecule has 2 aliphatic rings. The molecule has 2 heterocycles. The first-order valence-electron chi connectivity index (χ1n) is 21.3. The van der Waals surface area contributed by atoms with Gasteiger partial charge in [-0.25, -0.2) is 0 Å². The topological polar surface area (TPSA) is 231 Å². The average molecular weight is 807 g/mol. The maximum atomic E-state index is 12.9. The number of esters is 2. The number of carbonyl (C=O) groups excluding carboxylic acids is 2. The molecule has 56 heavy (non-hydrogen) atoms. The Kier molecular flexibility index (Phi) is 27.3. The number of ether oxygens (including phenoxy) is 6. The molecule has 15 heteroatoms. The fourth-order valence-corrected chi connectivity index (χ4v) is 6.62. The van der Waals surface area contributed by atoms with Crippen molar-refractivity contribution in [1.82, 2.24) is 0 Å². The summed E-state index contributed by atoms with van der Waals surface area (Å²) in [5.41, 5.74) is 0. The highest BCUT2D eigenvalue weighted by Gasteiger charge is 2.47. The van der Waals surface area contributed by atoms with E-state index in [4.69, 9.17) is 28.4 Å². The summed E-state index contributed by atoms with van der Waals surface area (Å²) < 4.78 is 33.3. The summed E-state index contributed by atoms with van der Waals surface area (Å²) in [5, 5.41) is 71.6. The van der Waals surface area contributed by atoms with Gasteiger partial charge < -0.3 is 64.2 Å². The van der Waals surface area contributed by atoms with Crippen LogP contribution in [0.3, 0.4) is 0 Å². The van der Waals surface area contributed by atoms with Crippen LogP contribution in [0.2, 0.25) is 0 Å². The summed E-state index contributed by atoms with van der Waals surface area (Å²) >= 11 is 0. The molecule has 0 bridgehead atoms. The summed E-state index contributed by atoms with van der Waals surface area (Å²) in [5.74, 6) is -0.940. The van der Waals surface area contributed by atoms with Crippen LogP contribution in [-0.4, -0.2) is 142 Å². The summed E-state index contributed by atoms with van der Waals surface area (Å²) in [7, 11) is 0. The van der Waals surface area contributed by atoms with Crippen molar-refractivity contribution in [1.29, 1.82) is 0 Å². The SMILES string of the molecule is CCCCC/C=C\CCCCCCCC(=O)OC(COC(=O)CCCCCCCCCC)COC1OC(COC2OC(CO)C(O)C(O)C2O)C(O)C(O)C1O. The molecule has 0 spiro atoms. The maximum Gasteiger partial charge on any atom is 0.306 e. The highest BCUT2D eigenvalue weighted by atomic mass is 16.7. The Hall–Kier alpha value is -1.76. The second-order valence-electron chi connectivity index (χ2n) is 15.2. The number of unbranched alkanes of at least 4 members (excludes halogenated alkanes) is 15. The molecular weight excluding hydrogens is 732 g/mol. The number of aliphatic hydroxyl groups is 7. The second kappa shape index (κ2) is 30.3. The lowest BCUT2D eigenvalue weighted by Gasteiger charge is -2.42. The van der Waals surface area contributed by atoms with Crippen molar-refractivity contribution in [2.75, 3.05) is 26.4 Å². The van der Waals surface area contributed by atoms with Gasteiger partial charge in [-0.2, -0.15) is 0 Å². The minimum Gasteiger partial charge on any atom is -0.462 e. The molecular formula is C41H74O15. The van der Waals surface area contributed by atoms with Gasteiger partial charge in [-0.3, -0.25) is 9.59 Å². The van der Waals surface area contributed by atoms with E-state index in [1.54, 1.807) is 0 Å². The van der Waals surface area contributed by atoms with E-state index in [2.05, 4.69) is 26.0 Å². The Morgan fingerprint density at radius 2 is 1.02 bits per heavy atom.